The topological polar surface area (TPSA) is 138 Å². The maximum atomic E-state index is 13.6. The van der Waals surface area contributed by atoms with E-state index < -0.39 is 17.9 Å². The maximum Gasteiger partial charge on any atom is 0.323 e. The van der Waals surface area contributed by atoms with Crippen molar-refractivity contribution in [2.45, 2.75) is 39.8 Å². The molecule has 1 aromatic heterocycles. The number of methoxy groups -OCH3 is 1. The fourth-order valence-electron chi connectivity index (χ4n) is 4.83. The van der Waals surface area contributed by atoms with Crippen molar-refractivity contribution in [3.8, 4) is 5.75 Å². The molecule has 43 heavy (non-hydrogen) atoms. The molecule has 0 saturated heterocycles. The number of nitrogens with zero attached hydrogens (tertiary/aromatic N) is 3. The third-order valence-electron chi connectivity index (χ3n) is 7.31. The number of carbonyl (C=O) groups is 3. The average Bonchev–Trinajstić information content (AvgIpc) is 3.28. The Labute approximate surface area is 249 Å². The minimum absolute atomic E-state index is 0.0440. The van der Waals surface area contributed by atoms with Gasteiger partial charge in [-0.2, -0.15) is 0 Å². The van der Waals surface area contributed by atoms with E-state index in [-0.39, 0.29) is 54.1 Å². The second kappa shape index (κ2) is 13.6. The van der Waals surface area contributed by atoms with Gasteiger partial charge in [0.1, 0.15) is 29.6 Å². The zero-order chi connectivity index (χ0) is 31.3. The first kappa shape index (κ1) is 31.3. The molecule has 230 valence electrons. The maximum absolute atomic E-state index is 13.6. The van der Waals surface area contributed by atoms with Crippen molar-refractivity contribution in [1.29, 1.82) is 0 Å². The van der Waals surface area contributed by atoms with Gasteiger partial charge in [0, 0.05) is 50.6 Å². The summed E-state index contributed by atoms with van der Waals surface area (Å²) < 4.78 is 30.6. The molecule has 0 aliphatic carbocycles. The molecule has 1 aliphatic rings. The SMILES string of the molecule is CO[C@@H]1CN(C)C(=O)c2ccc(NC(=O)Nc3cccc(F)c3)cc2OC[C@H](C)N(C(=O)Nc2c(C)noc2C)C[C@H]1C. The van der Waals surface area contributed by atoms with E-state index in [1.54, 1.807) is 51.1 Å². The Morgan fingerprint density at radius 1 is 1.05 bits per heavy atom. The fourth-order valence-corrected chi connectivity index (χ4v) is 4.83. The van der Waals surface area contributed by atoms with Crippen LogP contribution in [-0.2, 0) is 4.74 Å². The van der Waals surface area contributed by atoms with Gasteiger partial charge < -0.3 is 39.7 Å². The van der Waals surface area contributed by atoms with Crippen molar-refractivity contribution in [1.82, 2.24) is 15.0 Å². The molecule has 0 bridgehead atoms. The monoisotopic (exact) mass is 596 g/mol. The first-order chi connectivity index (χ1) is 20.5. The third-order valence-corrected chi connectivity index (χ3v) is 7.31. The molecule has 3 N–H and O–H groups in total. The molecule has 1 aliphatic heterocycles. The van der Waals surface area contributed by atoms with E-state index in [1.807, 2.05) is 13.8 Å². The Bertz CT molecular complexity index is 1460. The van der Waals surface area contributed by atoms with E-state index in [9.17, 15) is 18.8 Å². The lowest BCUT2D eigenvalue weighted by Gasteiger charge is -2.36. The van der Waals surface area contributed by atoms with Crippen LogP contribution in [0.25, 0.3) is 0 Å². The number of hydrogen-bond acceptors (Lipinski definition) is 7. The van der Waals surface area contributed by atoms with Crippen LogP contribution in [0.5, 0.6) is 5.75 Å². The van der Waals surface area contributed by atoms with Gasteiger partial charge >= 0.3 is 12.1 Å². The van der Waals surface area contributed by atoms with Crippen LogP contribution in [0.2, 0.25) is 0 Å². The molecule has 3 atom stereocenters. The molecular formula is C30H37FN6O6. The normalized spacial score (nSPS) is 19.4. The quantitative estimate of drug-likeness (QED) is 0.380. The number of halogens is 1. The van der Waals surface area contributed by atoms with Gasteiger partial charge in [0.25, 0.3) is 5.91 Å². The highest BCUT2D eigenvalue weighted by Crippen LogP contribution is 2.28. The molecule has 2 heterocycles. The molecule has 2 aromatic carbocycles. The van der Waals surface area contributed by atoms with Crippen LogP contribution in [0.3, 0.4) is 0 Å². The lowest BCUT2D eigenvalue weighted by molar-refractivity contribution is 0.0174. The van der Waals surface area contributed by atoms with E-state index in [4.69, 9.17) is 14.0 Å². The standard InChI is InChI=1S/C30H37FN6O6/c1-17-14-37(30(40)34-27-19(3)35-43-20(27)4)18(2)16-42-25-13-23(33-29(39)32-22-9-7-8-21(31)12-22)10-11-24(25)28(38)36(5)15-26(17)41-6/h7-13,17-18,26H,14-16H2,1-6H3,(H,34,40)(H2,32,33,39)/t17-,18+,26-/m1/s1. The summed E-state index contributed by atoms with van der Waals surface area (Å²) in [6.45, 7) is 7.89. The van der Waals surface area contributed by atoms with Gasteiger partial charge in [-0.15, -0.1) is 0 Å². The van der Waals surface area contributed by atoms with E-state index >= 15 is 0 Å². The van der Waals surface area contributed by atoms with Crippen LogP contribution < -0.4 is 20.7 Å². The number of fused-ring (bicyclic) bond motifs is 1. The number of benzene rings is 2. The van der Waals surface area contributed by atoms with Crippen molar-refractivity contribution >= 4 is 35.0 Å². The lowest BCUT2D eigenvalue weighted by atomic mass is 10.0. The summed E-state index contributed by atoms with van der Waals surface area (Å²) in [4.78, 5) is 42.8. The van der Waals surface area contributed by atoms with Crippen molar-refractivity contribution in [3.05, 3.63) is 65.3 Å². The smallest absolute Gasteiger partial charge is 0.323 e. The highest BCUT2D eigenvalue weighted by Gasteiger charge is 2.31. The van der Waals surface area contributed by atoms with E-state index in [1.165, 1.54) is 29.2 Å². The first-order valence-corrected chi connectivity index (χ1v) is 13.9. The zero-order valence-corrected chi connectivity index (χ0v) is 25.1. The molecule has 13 heteroatoms. The van der Waals surface area contributed by atoms with Crippen LogP contribution >= 0.6 is 0 Å². The summed E-state index contributed by atoms with van der Waals surface area (Å²) >= 11 is 0. The molecular weight excluding hydrogens is 559 g/mol. The number of urea groups is 2. The number of rotatable bonds is 4. The van der Waals surface area contributed by atoms with Crippen LogP contribution in [0.4, 0.5) is 31.0 Å². The van der Waals surface area contributed by atoms with Crippen molar-refractivity contribution < 1.29 is 32.8 Å². The summed E-state index contributed by atoms with van der Waals surface area (Å²) in [5.41, 5.74) is 1.97. The summed E-state index contributed by atoms with van der Waals surface area (Å²) in [6, 6.07) is 8.79. The van der Waals surface area contributed by atoms with Gasteiger partial charge in [0.15, 0.2) is 5.76 Å². The molecule has 0 radical (unpaired) electrons. The predicted molar refractivity (Wildman–Crippen MR) is 159 cm³/mol. The van der Waals surface area contributed by atoms with Gasteiger partial charge in [-0.3, -0.25) is 4.79 Å². The van der Waals surface area contributed by atoms with Crippen molar-refractivity contribution in [3.63, 3.8) is 0 Å². The highest BCUT2D eigenvalue weighted by atomic mass is 19.1. The van der Waals surface area contributed by atoms with Crippen LogP contribution in [0, 0.1) is 25.6 Å². The predicted octanol–water partition coefficient (Wildman–Crippen LogP) is 5.11. The minimum atomic E-state index is -0.602. The Morgan fingerprint density at radius 2 is 1.77 bits per heavy atom. The molecule has 0 spiro atoms. The number of aryl methyl sites for hydroxylation is 2. The summed E-state index contributed by atoms with van der Waals surface area (Å²) in [7, 11) is 3.24. The van der Waals surface area contributed by atoms with Gasteiger partial charge in [-0.25, -0.2) is 14.0 Å². The second-order valence-electron chi connectivity index (χ2n) is 10.7. The number of likely N-dealkylation sites (N-methyl/N-ethyl adjacent to an activating group) is 1. The van der Waals surface area contributed by atoms with E-state index in [0.717, 1.165) is 0 Å². The fraction of sp³-hybridized carbons (Fsp3) is 0.400. The third kappa shape index (κ3) is 7.60. The largest absolute Gasteiger partial charge is 0.491 e. The number of hydrogen-bond donors (Lipinski definition) is 3. The molecule has 3 aromatic rings. The summed E-state index contributed by atoms with van der Waals surface area (Å²) in [5.74, 6) is -0.202. The molecule has 5 amide bonds. The Morgan fingerprint density at radius 3 is 2.42 bits per heavy atom. The number of ether oxygens (including phenoxy) is 2. The number of aromatic nitrogens is 1. The molecule has 0 unspecified atom stereocenters. The molecule has 0 fully saturated rings. The summed E-state index contributed by atoms with van der Waals surface area (Å²) in [5, 5.41) is 12.1. The van der Waals surface area contributed by atoms with Gasteiger partial charge in [0.2, 0.25) is 0 Å². The van der Waals surface area contributed by atoms with Crippen LogP contribution in [-0.4, -0.2) is 78.9 Å². The van der Waals surface area contributed by atoms with Gasteiger partial charge in [-0.05, 0) is 51.1 Å². The number of nitrogens with one attached hydrogen (secondary N) is 3. The summed E-state index contributed by atoms with van der Waals surface area (Å²) in [6.07, 6.45) is -0.369. The molecule has 12 nitrogen and oxygen atoms in total. The number of amides is 5. The van der Waals surface area contributed by atoms with Crippen molar-refractivity contribution in [2.75, 3.05) is 49.8 Å². The average molecular weight is 597 g/mol. The van der Waals surface area contributed by atoms with E-state index in [0.29, 0.717) is 29.4 Å². The second-order valence-corrected chi connectivity index (χ2v) is 10.7. The molecule has 0 saturated carbocycles. The Kier molecular flexibility index (Phi) is 9.86. The molecule has 4 rings (SSSR count). The van der Waals surface area contributed by atoms with Gasteiger partial charge in [0.05, 0.1) is 17.7 Å². The highest BCUT2D eigenvalue weighted by molar-refractivity contribution is 6.01. The van der Waals surface area contributed by atoms with Crippen LogP contribution in [0.15, 0.2) is 47.0 Å². The lowest BCUT2D eigenvalue weighted by Crippen LogP contribution is -2.50. The van der Waals surface area contributed by atoms with Crippen LogP contribution in [0.1, 0.15) is 35.7 Å². The first-order valence-electron chi connectivity index (χ1n) is 13.9. The van der Waals surface area contributed by atoms with Gasteiger partial charge in [-0.1, -0.05) is 18.1 Å². The minimum Gasteiger partial charge on any atom is -0.491 e. The number of carbonyl (C=O) groups excluding carboxylic acids is 3. The Balaban J connectivity index is 1.60. The van der Waals surface area contributed by atoms with Crippen molar-refractivity contribution in [2.24, 2.45) is 5.92 Å². The Hall–Kier alpha value is -4.65. The van der Waals surface area contributed by atoms with E-state index in [2.05, 4.69) is 21.1 Å². The number of anilines is 3. The zero-order valence-electron chi connectivity index (χ0n) is 25.1.